The Balaban J connectivity index is 1.50. The van der Waals surface area contributed by atoms with E-state index in [0.29, 0.717) is 35.7 Å². The zero-order valence-corrected chi connectivity index (χ0v) is 16.8. The minimum absolute atomic E-state index is 0.0598. The summed E-state index contributed by atoms with van der Waals surface area (Å²) in [6, 6.07) is 16.6. The number of amides is 1. The van der Waals surface area contributed by atoms with Gasteiger partial charge in [0.15, 0.2) is 11.5 Å². The van der Waals surface area contributed by atoms with E-state index in [9.17, 15) is 4.79 Å². The minimum atomic E-state index is -0.0598. The minimum Gasteiger partial charge on any atom is -0.493 e. The summed E-state index contributed by atoms with van der Waals surface area (Å²) >= 11 is 0. The number of carbonyl (C=O) groups is 1. The summed E-state index contributed by atoms with van der Waals surface area (Å²) in [4.78, 5) is 14.6. The van der Waals surface area contributed by atoms with Crippen LogP contribution in [0.3, 0.4) is 0 Å². The Bertz CT molecular complexity index is 782. The highest BCUT2D eigenvalue weighted by Crippen LogP contribution is 2.31. The van der Waals surface area contributed by atoms with E-state index in [2.05, 4.69) is 35.1 Å². The van der Waals surface area contributed by atoms with Crippen LogP contribution in [0.2, 0.25) is 0 Å². The van der Waals surface area contributed by atoms with Crippen LogP contribution in [0, 0.1) is 0 Å². The van der Waals surface area contributed by atoms with Crippen molar-refractivity contribution in [3.63, 3.8) is 0 Å². The van der Waals surface area contributed by atoms with Crippen molar-refractivity contribution in [2.75, 3.05) is 27.8 Å². The van der Waals surface area contributed by atoms with Gasteiger partial charge in [-0.1, -0.05) is 36.4 Å². The third-order valence-corrected chi connectivity index (χ3v) is 5.21. The summed E-state index contributed by atoms with van der Waals surface area (Å²) in [5.74, 6) is 0.986. The van der Waals surface area contributed by atoms with Gasteiger partial charge in [-0.15, -0.1) is 0 Å². The standard InChI is InChI=1S/C22H29N3O3/c1-25(22(26)18-12-7-13-20(27-2)21(18)28-3)14-8-11-17-15-19(24-23-17)16-9-5-4-6-10-16/h4-7,9-10,12-13,17,19,23-24H,8,11,14-15H2,1-3H3. The largest absolute Gasteiger partial charge is 0.493 e. The first kappa shape index (κ1) is 20.2. The first-order valence-corrected chi connectivity index (χ1v) is 9.66. The summed E-state index contributed by atoms with van der Waals surface area (Å²) in [6.07, 6.45) is 2.98. The number of ether oxygens (including phenoxy) is 2. The molecule has 0 aromatic heterocycles. The molecule has 1 fully saturated rings. The number of benzene rings is 2. The summed E-state index contributed by atoms with van der Waals surface area (Å²) in [7, 11) is 4.95. The number of hydrogen-bond acceptors (Lipinski definition) is 5. The van der Waals surface area contributed by atoms with Gasteiger partial charge in [0.2, 0.25) is 0 Å². The first-order chi connectivity index (χ1) is 13.6. The maximum absolute atomic E-state index is 12.8. The molecule has 1 aliphatic rings. The average molecular weight is 383 g/mol. The average Bonchev–Trinajstić information content (AvgIpc) is 3.22. The number of nitrogens with one attached hydrogen (secondary N) is 2. The van der Waals surface area contributed by atoms with Crippen LogP contribution in [0.15, 0.2) is 48.5 Å². The second-order valence-electron chi connectivity index (χ2n) is 7.09. The lowest BCUT2D eigenvalue weighted by molar-refractivity contribution is 0.0787. The van der Waals surface area contributed by atoms with E-state index in [-0.39, 0.29) is 5.91 Å². The van der Waals surface area contributed by atoms with E-state index in [1.807, 2.05) is 13.1 Å². The Kier molecular flexibility index (Phi) is 6.90. The smallest absolute Gasteiger partial charge is 0.257 e. The fourth-order valence-corrected chi connectivity index (χ4v) is 3.65. The topological polar surface area (TPSA) is 62.8 Å². The lowest BCUT2D eigenvalue weighted by Gasteiger charge is -2.20. The molecule has 3 rings (SSSR count). The van der Waals surface area contributed by atoms with Crippen LogP contribution in [0.5, 0.6) is 11.5 Å². The summed E-state index contributed by atoms with van der Waals surface area (Å²) in [6.45, 7) is 0.688. The summed E-state index contributed by atoms with van der Waals surface area (Å²) < 4.78 is 10.7. The highest BCUT2D eigenvalue weighted by molar-refractivity contribution is 5.97. The number of hydrogen-bond donors (Lipinski definition) is 2. The Morgan fingerprint density at radius 3 is 2.57 bits per heavy atom. The van der Waals surface area contributed by atoms with E-state index in [1.54, 1.807) is 37.3 Å². The van der Waals surface area contributed by atoms with E-state index < -0.39 is 0 Å². The molecule has 2 aromatic carbocycles. The van der Waals surface area contributed by atoms with E-state index >= 15 is 0 Å². The molecule has 28 heavy (non-hydrogen) atoms. The predicted molar refractivity (Wildman–Crippen MR) is 110 cm³/mol. The van der Waals surface area contributed by atoms with Crippen LogP contribution >= 0.6 is 0 Å². The molecule has 2 unspecified atom stereocenters. The van der Waals surface area contributed by atoms with Gasteiger partial charge in [0.25, 0.3) is 5.91 Å². The third kappa shape index (κ3) is 4.64. The molecule has 2 aromatic rings. The molecular formula is C22H29N3O3. The van der Waals surface area contributed by atoms with Crippen LogP contribution < -0.4 is 20.3 Å². The van der Waals surface area contributed by atoms with Gasteiger partial charge < -0.3 is 14.4 Å². The highest BCUT2D eigenvalue weighted by atomic mass is 16.5. The monoisotopic (exact) mass is 383 g/mol. The number of carbonyl (C=O) groups excluding carboxylic acids is 1. The van der Waals surface area contributed by atoms with Gasteiger partial charge in [0.05, 0.1) is 19.8 Å². The Morgan fingerprint density at radius 1 is 1.07 bits per heavy atom. The molecule has 1 heterocycles. The zero-order valence-electron chi connectivity index (χ0n) is 16.8. The normalized spacial score (nSPS) is 18.7. The molecule has 0 bridgehead atoms. The number of methoxy groups -OCH3 is 2. The molecule has 6 heteroatoms. The van der Waals surface area contributed by atoms with Crippen molar-refractivity contribution in [2.24, 2.45) is 0 Å². The molecule has 0 radical (unpaired) electrons. The second kappa shape index (κ2) is 9.57. The molecule has 6 nitrogen and oxygen atoms in total. The SMILES string of the molecule is COc1cccc(C(=O)N(C)CCCC2CC(c3ccccc3)NN2)c1OC. The number of hydrazine groups is 1. The van der Waals surface area contributed by atoms with E-state index in [0.717, 1.165) is 19.3 Å². The lowest BCUT2D eigenvalue weighted by atomic mass is 10.00. The molecular weight excluding hydrogens is 354 g/mol. The number of nitrogens with zero attached hydrogens (tertiary/aromatic N) is 1. The molecule has 0 spiro atoms. The van der Waals surface area contributed by atoms with Gasteiger partial charge in [-0.25, -0.2) is 0 Å². The van der Waals surface area contributed by atoms with Crippen LogP contribution in [-0.4, -0.2) is 44.7 Å². The fraction of sp³-hybridized carbons (Fsp3) is 0.409. The van der Waals surface area contributed by atoms with Crippen LogP contribution in [-0.2, 0) is 0 Å². The highest BCUT2D eigenvalue weighted by Gasteiger charge is 2.25. The first-order valence-electron chi connectivity index (χ1n) is 9.66. The van der Waals surface area contributed by atoms with Crippen molar-refractivity contribution < 1.29 is 14.3 Å². The lowest BCUT2D eigenvalue weighted by Crippen LogP contribution is -2.32. The zero-order chi connectivity index (χ0) is 19.9. The molecule has 150 valence electrons. The van der Waals surface area contributed by atoms with Gasteiger partial charge in [-0.05, 0) is 37.0 Å². The molecule has 2 N–H and O–H groups in total. The summed E-state index contributed by atoms with van der Waals surface area (Å²) in [5, 5.41) is 0. The van der Waals surface area contributed by atoms with Crippen molar-refractivity contribution in [1.82, 2.24) is 15.8 Å². The molecule has 1 aliphatic heterocycles. The maximum atomic E-state index is 12.8. The number of rotatable bonds is 8. The molecule has 1 amide bonds. The molecule has 2 atom stereocenters. The molecule has 0 saturated carbocycles. The van der Waals surface area contributed by atoms with E-state index in [4.69, 9.17) is 9.47 Å². The van der Waals surface area contributed by atoms with Crippen LogP contribution in [0.1, 0.15) is 41.2 Å². The Hall–Kier alpha value is -2.57. The van der Waals surface area contributed by atoms with Gasteiger partial charge in [-0.2, -0.15) is 0 Å². The Morgan fingerprint density at radius 2 is 1.86 bits per heavy atom. The molecule has 0 aliphatic carbocycles. The van der Waals surface area contributed by atoms with Gasteiger partial charge >= 0.3 is 0 Å². The van der Waals surface area contributed by atoms with Crippen molar-refractivity contribution in [3.05, 3.63) is 59.7 Å². The van der Waals surface area contributed by atoms with Crippen LogP contribution in [0.25, 0.3) is 0 Å². The van der Waals surface area contributed by atoms with Crippen molar-refractivity contribution in [3.8, 4) is 11.5 Å². The fourth-order valence-electron chi connectivity index (χ4n) is 3.65. The Labute approximate surface area is 166 Å². The van der Waals surface area contributed by atoms with Crippen molar-refractivity contribution >= 4 is 5.91 Å². The number of para-hydroxylation sites is 1. The maximum Gasteiger partial charge on any atom is 0.257 e. The molecule has 1 saturated heterocycles. The summed E-state index contributed by atoms with van der Waals surface area (Å²) in [5.41, 5.74) is 8.58. The van der Waals surface area contributed by atoms with E-state index in [1.165, 1.54) is 5.56 Å². The van der Waals surface area contributed by atoms with Gasteiger partial charge in [0.1, 0.15) is 0 Å². The second-order valence-corrected chi connectivity index (χ2v) is 7.09. The van der Waals surface area contributed by atoms with Gasteiger partial charge in [0, 0.05) is 25.7 Å². The quantitative estimate of drug-likeness (QED) is 0.733. The van der Waals surface area contributed by atoms with Crippen molar-refractivity contribution in [1.29, 1.82) is 0 Å². The van der Waals surface area contributed by atoms with Gasteiger partial charge in [-0.3, -0.25) is 15.6 Å². The van der Waals surface area contributed by atoms with Crippen molar-refractivity contribution in [2.45, 2.75) is 31.3 Å². The third-order valence-electron chi connectivity index (χ3n) is 5.21. The van der Waals surface area contributed by atoms with Crippen LogP contribution in [0.4, 0.5) is 0 Å². The predicted octanol–water partition coefficient (Wildman–Crippen LogP) is 3.16.